The predicted octanol–water partition coefficient (Wildman–Crippen LogP) is 4.45. The van der Waals surface area contributed by atoms with Crippen molar-refractivity contribution in [3.8, 4) is 5.75 Å². The molecule has 0 saturated carbocycles. The normalized spacial score (nSPS) is 11.4. The number of benzene rings is 2. The summed E-state index contributed by atoms with van der Waals surface area (Å²) in [6, 6.07) is 12.1. The molecule has 0 aliphatic heterocycles. The Kier molecular flexibility index (Phi) is 3.91. The van der Waals surface area contributed by atoms with Crippen molar-refractivity contribution in [2.45, 2.75) is 6.36 Å². The van der Waals surface area contributed by atoms with Gasteiger partial charge in [-0.1, -0.05) is 23.5 Å². The van der Waals surface area contributed by atoms with E-state index < -0.39 is 12.3 Å². The van der Waals surface area contributed by atoms with Crippen molar-refractivity contribution in [2.24, 2.45) is 0 Å². The summed E-state index contributed by atoms with van der Waals surface area (Å²) in [7, 11) is 0. The molecule has 0 aliphatic rings. The molecular weight excluding hydrogens is 329 g/mol. The highest BCUT2D eigenvalue weighted by molar-refractivity contribution is 7.22. The number of nitrogens with one attached hydrogen (secondary N) is 1. The number of thiazole rings is 1. The molecule has 1 amide bonds. The standard InChI is InChI=1S/C15H9F3N2O2S/c16-15(17,18)22-10-7-5-9(6-8-10)13(21)20-14-19-11-3-1-2-4-12(11)23-14/h1-8H,(H,19,20,21). The van der Waals surface area contributed by atoms with Crippen LogP contribution in [0.25, 0.3) is 10.2 Å². The van der Waals surface area contributed by atoms with Crippen molar-refractivity contribution in [1.29, 1.82) is 0 Å². The van der Waals surface area contributed by atoms with Gasteiger partial charge in [-0.25, -0.2) is 4.98 Å². The number of rotatable bonds is 3. The summed E-state index contributed by atoms with van der Waals surface area (Å²) in [4.78, 5) is 16.3. The Morgan fingerprint density at radius 1 is 1.09 bits per heavy atom. The lowest BCUT2D eigenvalue weighted by Gasteiger charge is -2.09. The van der Waals surface area contributed by atoms with Crippen LogP contribution in [-0.2, 0) is 0 Å². The van der Waals surface area contributed by atoms with E-state index in [9.17, 15) is 18.0 Å². The molecule has 1 heterocycles. The van der Waals surface area contributed by atoms with Gasteiger partial charge >= 0.3 is 6.36 Å². The van der Waals surface area contributed by atoms with Crippen molar-refractivity contribution in [1.82, 2.24) is 4.98 Å². The zero-order valence-electron chi connectivity index (χ0n) is 11.4. The van der Waals surface area contributed by atoms with Gasteiger partial charge in [-0.2, -0.15) is 0 Å². The monoisotopic (exact) mass is 338 g/mol. The summed E-state index contributed by atoms with van der Waals surface area (Å²) in [5, 5.41) is 3.04. The molecule has 118 valence electrons. The van der Waals surface area contributed by atoms with Crippen molar-refractivity contribution in [3.63, 3.8) is 0 Å². The lowest BCUT2D eigenvalue weighted by molar-refractivity contribution is -0.274. The van der Waals surface area contributed by atoms with Gasteiger partial charge in [0.15, 0.2) is 5.13 Å². The van der Waals surface area contributed by atoms with Crippen LogP contribution in [0.5, 0.6) is 5.75 Å². The van der Waals surface area contributed by atoms with E-state index in [0.717, 1.165) is 22.3 Å². The second-order valence-electron chi connectivity index (χ2n) is 4.51. The average molecular weight is 338 g/mol. The molecule has 4 nitrogen and oxygen atoms in total. The SMILES string of the molecule is O=C(Nc1nc2ccccc2s1)c1ccc(OC(F)(F)F)cc1. The van der Waals surface area contributed by atoms with Crippen molar-refractivity contribution in [2.75, 3.05) is 5.32 Å². The van der Waals surface area contributed by atoms with Gasteiger partial charge in [-0.05, 0) is 36.4 Å². The molecule has 0 spiro atoms. The van der Waals surface area contributed by atoms with E-state index in [1.54, 1.807) is 0 Å². The largest absolute Gasteiger partial charge is 0.573 e. The number of amides is 1. The van der Waals surface area contributed by atoms with Gasteiger partial charge in [-0.15, -0.1) is 13.2 Å². The maximum atomic E-state index is 12.1. The Balaban J connectivity index is 1.72. The third kappa shape index (κ3) is 3.78. The third-order valence-corrected chi connectivity index (χ3v) is 3.82. The highest BCUT2D eigenvalue weighted by atomic mass is 32.1. The summed E-state index contributed by atoms with van der Waals surface area (Å²) in [5.74, 6) is -0.836. The number of carbonyl (C=O) groups is 1. The molecule has 0 radical (unpaired) electrons. The maximum absolute atomic E-state index is 12.1. The Morgan fingerprint density at radius 3 is 2.43 bits per heavy atom. The number of fused-ring (bicyclic) bond motifs is 1. The molecule has 0 aliphatic carbocycles. The molecule has 0 bridgehead atoms. The van der Waals surface area contributed by atoms with Crippen LogP contribution in [0, 0.1) is 0 Å². The summed E-state index contributed by atoms with van der Waals surface area (Å²) in [5.41, 5.74) is 0.973. The maximum Gasteiger partial charge on any atom is 0.573 e. The Hall–Kier alpha value is -2.61. The Morgan fingerprint density at radius 2 is 1.78 bits per heavy atom. The van der Waals surface area contributed by atoms with E-state index in [-0.39, 0.29) is 11.3 Å². The van der Waals surface area contributed by atoms with Crippen LogP contribution in [0.4, 0.5) is 18.3 Å². The van der Waals surface area contributed by atoms with E-state index in [4.69, 9.17) is 0 Å². The van der Waals surface area contributed by atoms with E-state index in [1.165, 1.54) is 23.5 Å². The summed E-state index contributed by atoms with van der Waals surface area (Å²) in [6.45, 7) is 0. The number of halogens is 3. The smallest absolute Gasteiger partial charge is 0.406 e. The van der Waals surface area contributed by atoms with Crippen LogP contribution in [0.3, 0.4) is 0 Å². The van der Waals surface area contributed by atoms with Gasteiger partial charge < -0.3 is 4.74 Å². The number of anilines is 1. The minimum atomic E-state index is -4.76. The van der Waals surface area contributed by atoms with Crippen LogP contribution in [0.15, 0.2) is 48.5 Å². The first-order valence-corrected chi connectivity index (χ1v) is 7.25. The summed E-state index contributed by atoms with van der Waals surface area (Å²) < 4.78 is 40.9. The molecule has 0 unspecified atom stereocenters. The van der Waals surface area contributed by atoms with Crippen LogP contribution in [0.2, 0.25) is 0 Å². The molecule has 3 aromatic rings. The first-order valence-electron chi connectivity index (χ1n) is 6.43. The zero-order chi connectivity index (χ0) is 16.4. The molecule has 2 aromatic carbocycles. The fraction of sp³-hybridized carbons (Fsp3) is 0.0667. The van der Waals surface area contributed by atoms with Gasteiger partial charge in [-0.3, -0.25) is 10.1 Å². The summed E-state index contributed by atoms with van der Waals surface area (Å²) >= 11 is 1.31. The second-order valence-corrected chi connectivity index (χ2v) is 5.54. The van der Waals surface area contributed by atoms with Crippen molar-refractivity contribution >= 4 is 32.6 Å². The minimum absolute atomic E-state index is 0.207. The number of hydrogen-bond acceptors (Lipinski definition) is 4. The molecule has 1 N–H and O–H groups in total. The second kappa shape index (κ2) is 5.88. The number of nitrogens with zero attached hydrogens (tertiary/aromatic N) is 1. The number of para-hydroxylation sites is 1. The van der Waals surface area contributed by atoms with Gasteiger partial charge in [0.05, 0.1) is 10.2 Å². The third-order valence-electron chi connectivity index (χ3n) is 2.86. The Bertz CT molecular complexity index is 811. The number of aromatic nitrogens is 1. The first-order chi connectivity index (χ1) is 10.9. The highest BCUT2D eigenvalue weighted by Gasteiger charge is 2.31. The lowest BCUT2D eigenvalue weighted by atomic mass is 10.2. The van der Waals surface area contributed by atoms with Crippen LogP contribution in [-0.4, -0.2) is 17.3 Å². The van der Waals surface area contributed by atoms with Crippen LogP contribution < -0.4 is 10.1 Å². The number of hydrogen-bond donors (Lipinski definition) is 1. The molecule has 1 aromatic heterocycles. The van der Waals surface area contributed by atoms with Gasteiger partial charge in [0.25, 0.3) is 5.91 Å². The van der Waals surface area contributed by atoms with E-state index in [2.05, 4.69) is 15.0 Å². The van der Waals surface area contributed by atoms with E-state index in [0.29, 0.717) is 5.13 Å². The number of ether oxygens (including phenoxy) is 1. The van der Waals surface area contributed by atoms with Crippen molar-refractivity contribution in [3.05, 3.63) is 54.1 Å². The van der Waals surface area contributed by atoms with Crippen molar-refractivity contribution < 1.29 is 22.7 Å². The summed E-state index contributed by atoms with van der Waals surface area (Å²) in [6.07, 6.45) is -4.76. The molecule has 0 atom stereocenters. The Labute approximate surface area is 132 Å². The van der Waals surface area contributed by atoms with Crippen LogP contribution >= 0.6 is 11.3 Å². The molecule has 23 heavy (non-hydrogen) atoms. The van der Waals surface area contributed by atoms with E-state index >= 15 is 0 Å². The first kappa shape index (κ1) is 15.3. The minimum Gasteiger partial charge on any atom is -0.406 e. The number of alkyl halides is 3. The molecule has 0 fully saturated rings. The predicted molar refractivity (Wildman–Crippen MR) is 80.7 cm³/mol. The highest BCUT2D eigenvalue weighted by Crippen LogP contribution is 2.26. The molecular formula is C15H9F3N2O2S. The molecule has 3 rings (SSSR count). The fourth-order valence-electron chi connectivity index (χ4n) is 1.90. The van der Waals surface area contributed by atoms with Gasteiger partial charge in [0.2, 0.25) is 0 Å². The van der Waals surface area contributed by atoms with Gasteiger partial charge in [0, 0.05) is 5.56 Å². The van der Waals surface area contributed by atoms with Gasteiger partial charge in [0.1, 0.15) is 5.75 Å². The average Bonchev–Trinajstić information content (AvgIpc) is 2.88. The quantitative estimate of drug-likeness (QED) is 0.768. The van der Waals surface area contributed by atoms with Crippen LogP contribution in [0.1, 0.15) is 10.4 Å². The van der Waals surface area contributed by atoms with E-state index in [1.807, 2.05) is 24.3 Å². The lowest BCUT2D eigenvalue weighted by Crippen LogP contribution is -2.17. The number of carbonyl (C=O) groups excluding carboxylic acids is 1. The molecule has 8 heteroatoms. The topological polar surface area (TPSA) is 51.2 Å². The zero-order valence-corrected chi connectivity index (χ0v) is 12.2. The fourth-order valence-corrected chi connectivity index (χ4v) is 2.76. The molecule has 0 saturated heterocycles.